The number of urea groups is 1. The summed E-state index contributed by atoms with van der Waals surface area (Å²) in [5, 5.41) is 5.75. The summed E-state index contributed by atoms with van der Waals surface area (Å²) in [5.41, 5.74) is 8.06. The fourth-order valence-corrected chi connectivity index (χ4v) is 2.53. The number of aryl methyl sites for hydroxylation is 1. The maximum absolute atomic E-state index is 11.8. The van der Waals surface area contributed by atoms with Gasteiger partial charge in [-0.1, -0.05) is 30.5 Å². The van der Waals surface area contributed by atoms with E-state index in [0.29, 0.717) is 12.5 Å². The predicted octanol–water partition coefficient (Wildman–Crippen LogP) is 2.63. The van der Waals surface area contributed by atoms with Crippen LogP contribution in [0.25, 0.3) is 0 Å². The summed E-state index contributed by atoms with van der Waals surface area (Å²) in [5.74, 6) is 0.414. The van der Waals surface area contributed by atoms with Crippen LogP contribution in [-0.2, 0) is 0 Å². The number of hydrogen-bond donors (Lipinski definition) is 3. The second-order valence-corrected chi connectivity index (χ2v) is 5.41. The summed E-state index contributed by atoms with van der Waals surface area (Å²) in [6.07, 6.45) is 4.63. The van der Waals surface area contributed by atoms with Gasteiger partial charge in [-0.2, -0.15) is 0 Å². The van der Waals surface area contributed by atoms with E-state index in [9.17, 15) is 4.79 Å². The van der Waals surface area contributed by atoms with Gasteiger partial charge < -0.3 is 16.4 Å². The van der Waals surface area contributed by atoms with E-state index in [-0.39, 0.29) is 12.1 Å². The van der Waals surface area contributed by atoms with Gasteiger partial charge >= 0.3 is 6.03 Å². The van der Waals surface area contributed by atoms with E-state index in [2.05, 4.69) is 10.6 Å². The van der Waals surface area contributed by atoms with E-state index in [4.69, 9.17) is 5.73 Å². The SMILES string of the molecule is Cc1ccc(NC(=O)NCC2CCCCC2N)cc1. The van der Waals surface area contributed by atoms with Gasteiger partial charge in [-0.3, -0.25) is 0 Å². The maximum atomic E-state index is 11.8. The highest BCUT2D eigenvalue weighted by atomic mass is 16.2. The Bertz CT molecular complexity index is 416. The van der Waals surface area contributed by atoms with Crippen molar-refractivity contribution >= 4 is 11.7 Å². The molecule has 1 aliphatic rings. The van der Waals surface area contributed by atoms with Crippen LogP contribution in [0.15, 0.2) is 24.3 Å². The zero-order valence-corrected chi connectivity index (χ0v) is 11.5. The Balaban J connectivity index is 1.76. The smallest absolute Gasteiger partial charge is 0.319 e. The van der Waals surface area contributed by atoms with E-state index in [1.165, 1.54) is 18.4 Å². The van der Waals surface area contributed by atoms with Crippen molar-refractivity contribution in [1.82, 2.24) is 5.32 Å². The van der Waals surface area contributed by atoms with Crippen molar-refractivity contribution in [3.8, 4) is 0 Å². The van der Waals surface area contributed by atoms with Gasteiger partial charge in [0.2, 0.25) is 0 Å². The van der Waals surface area contributed by atoms with Crippen LogP contribution in [0.4, 0.5) is 10.5 Å². The van der Waals surface area contributed by atoms with Crippen molar-refractivity contribution in [3.05, 3.63) is 29.8 Å². The average molecular weight is 261 g/mol. The lowest BCUT2D eigenvalue weighted by molar-refractivity contribution is 0.244. The molecule has 1 fully saturated rings. The van der Waals surface area contributed by atoms with Gasteiger partial charge in [0.1, 0.15) is 0 Å². The van der Waals surface area contributed by atoms with E-state index >= 15 is 0 Å². The minimum atomic E-state index is -0.151. The summed E-state index contributed by atoms with van der Waals surface area (Å²) >= 11 is 0. The van der Waals surface area contributed by atoms with Crippen molar-refractivity contribution in [2.45, 2.75) is 38.6 Å². The zero-order chi connectivity index (χ0) is 13.7. The molecule has 0 radical (unpaired) electrons. The molecule has 0 aliphatic heterocycles. The van der Waals surface area contributed by atoms with E-state index < -0.39 is 0 Å². The molecular formula is C15H23N3O. The van der Waals surface area contributed by atoms with Crippen molar-refractivity contribution < 1.29 is 4.79 Å². The van der Waals surface area contributed by atoms with Crippen LogP contribution in [0.1, 0.15) is 31.2 Å². The molecule has 4 heteroatoms. The van der Waals surface area contributed by atoms with Gasteiger partial charge in [-0.15, -0.1) is 0 Å². The number of rotatable bonds is 3. The van der Waals surface area contributed by atoms with Crippen LogP contribution in [0.3, 0.4) is 0 Å². The normalized spacial score (nSPS) is 22.8. The predicted molar refractivity (Wildman–Crippen MR) is 78.1 cm³/mol. The van der Waals surface area contributed by atoms with Crippen LogP contribution in [0.2, 0.25) is 0 Å². The number of anilines is 1. The number of hydrogen-bond acceptors (Lipinski definition) is 2. The second kappa shape index (κ2) is 6.57. The summed E-state index contributed by atoms with van der Waals surface area (Å²) in [6, 6.07) is 7.84. The van der Waals surface area contributed by atoms with Crippen molar-refractivity contribution in [2.24, 2.45) is 11.7 Å². The molecular weight excluding hydrogens is 238 g/mol. The number of nitrogens with two attached hydrogens (primary N) is 1. The third kappa shape index (κ3) is 4.24. The topological polar surface area (TPSA) is 67.2 Å². The minimum absolute atomic E-state index is 0.151. The standard InChI is InChI=1S/C15H23N3O/c1-11-6-8-13(9-7-11)18-15(19)17-10-12-4-2-3-5-14(12)16/h6-9,12,14H,2-5,10,16H2,1H3,(H2,17,18,19). The number of amides is 2. The van der Waals surface area contributed by atoms with Gasteiger partial charge in [0.25, 0.3) is 0 Å². The Kier molecular flexibility index (Phi) is 4.80. The van der Waals surface area contributed by atoms with Gasteiger partial charge in [-0.05, 0) is 37.8 Å². The number of carbonyl (C=O) groups excluding carboxylic acids is 1. The molecule has 0 saturated heterocycles. The molecule has 19 heavy (non-hydrogen) atoms. The molecule has 1 aromatic rings. The van der Waals surface area contributed by atoms with Gasteiger partial charge in [0.05, 0.1) is 0 Å². The highest BCUT2D eigenvalue weighted by molar-refractivity contribution is 5.89. The molecule has 0 heterocycles. The summed E-state index contributed by atoms with van der Waals surface area (Å²) in [6.45, 7) is 2.69. The summed E-state index contributed by atoms with van der Waals surface area (Å²) in [4.78, 5) is 11.8. The lowest BCUT2D eigenvalue weighted by Gasteiger charge is -2.28. The summed E-state index contributed by atoms with van der Waals surface area (Å²) < 4.78 is 0. The van der Waals surface area contributed by atoms with E-state index in [0.717, 1.165) is 18.5 Å². The van der Waals surface area contributed by atoms with Crippen molar-refractivity contribution in [2.75, 3.05) is 11.9 Å². The van der Waals surface area contributed by atoms with Crippen LogP contribution < -0.4 is 16.4 Å². The molecule has 4 nitrogen and oxygen atoms in total. The van der Waals surface area contributed by atoms with Crippen molar-refractivity contribution in [3.63, 3.8) is 0 Å². The highest BCUT2D eigenvalue weighted by Crippen LogP contribution is 2.22. The molecule has 1 aromatic carbocycles. The zero-order valence-electron chi connectivity index (χ0n) is 11.5. The third-order valence-electron chi connectivity index (χ3n) is 3.80. The number of benzene rings is 1. The molecule has 2 unspecified atom stereocenters. The first-order valence-electron chi connectivity index (χ1n) is 7.02. The Morgan fingerprint density at radius 3 is 2.63 bits per heavy atom. The number of nitrogens with one attached hydrogen (secondary N) is 2. The number of carbonyl (C=O) groups is 1. The lowest BCUT2D eigenvalue weighted by Crippen LogP contribution is -2.42. The first kappa shape index (κ1) is 13.9. The highest BCUT2D eigenvalue weighted by Gasteiger charge is 2.21. The molecule has 0 aromatic heterocycles. The van der Waals surface area contributed by atoms with Gasteiger partial charge in [0.15, 0.2) is 0 Å². The van der Waals surface area contributed by atoms with Crippen LogP contribution in [-0.4, -0.2) is 18.6 Å². The molecule has 4 N–H and O–H groups in total. The van der Waals surface area contributed by atoms with E-state index in [1.54, 1.807) is 0 Å². The Morgan fingerprint density at radius 1 is 1.26 bits per heavy atom. The second-order valence-electron chi connectivity index (χ2n) is 5.41. The Morgan fingerprint density at radius 2 is 1.95 bits per heavy atom. The molecule has 1 saturated carbocycles. The fourth-order valence-electron chi connectivity index (χ4n) is 2.53. The maximum Gasteiger partial charge on any atom is 0.319 e. The molecule has 2 rings (SSSR count). The average Bonchev–Trinajstić information content (AvgIpc) is 2.40. The van der Waals surface area contributed by atoms with Crippen molar-refractivity contribution in [1.29, 1.82) is 0 Å². The van der Waals surface area contributed by atoms with Crippen LogP contribution in [0, 0.1) is 12.8 Å². The molecule has 0 bridgehead atoms. The lowest BCUT2D eigenvalue weighted by atomic mass is 9.85. The van der Waals surface area contributed by atoms with Gasteiger partial charge in [0, 0.05) is 18.3 Å². The van der Waals surface area contributed by atoms with Crippen LogP contribution in [0.5, 0.6) is 0 Å². The third-order valence-corrected chi connectivity index (χ3v) is 3.80. The fraction of sp³-hybridized carbons (Fsp3) is 0.533. The molecule has 2 atom stereocenters. The Labute approximate surface area is 114 Å². The molecule has 1 aliphatic carbocycles. The van der Waals surface area contributed by atoms with Crippen LogP contribution >= 0.6 is 0 Å². The minimum Gasteiger partial charge on any atom is -0.338 e. The monoisotopic (exact) mass is 261 g/mol. The van der Waals surface area contributed by atoms with E-state index in [1.807, 2.05) is 31.2 Å². The first-order chi connectivity index (χ1) is 9.15. The quantitative estimate of drug-likeness (QED) is 0.783. The largest absolute Gasteiger partial charge is 0.338 e. The summed E-state index contributed by atoms with van der Waals surface area (Å²) in [7, 11) is 0. The molecule has 0 spiro atoms. The molecule has 2 amide bonds. The van der Waals surface area contributed by atoms with Gasteiger partial charge in [-0.25, -0.2) is 4.79 Å². The first-order valence-corrected chi connectivity index (χ1v) is 7.02. The molecule has 104 valence electrons. The Hall–Kier alpha value is -1.55.